The summed E-state index contributed by atoms with van der Waals surface area (Å²) in [6.45, 7) is 4.21. The number of carbonyl (C=O) groups excluding carboxylic acids is 1. The number of hydrogen-bond donors (Lipinski definition) is 1. The summed E-state index contributed by atoms with van der Waals surface area (Å²) in [5.41, 5.74) is 2.05. The third kappa shape index (κ3) is 3.28. The standard InChI is InChI=1S/C18H21N5O2/c1-13-10-19-18(21-13)16-12-22(8-9-25-16)17(24)6-7-23-15-5-3-2-4-14(15)11-20-23/h2-5,10-11,16H,6-9,12H2,1H3,(H,19,21)/t16-/m0/s1. The zero-order valence-corrected chi connectivity index (χ0v) is 14.2. The second-order valence-corrected chi connectivity index (χ2v) is 6.33. The lowest BCUT2D eigenvalue weighted by atomic mass is 10.2. The third-order valence-corrected chi connectivity index (χ3v) is 4.54. The number of carbonyl (C=O) groups is 1. The predicted octanol–water partition coefficient (Wildman–Crippen LogP) is 2.06. The number of aryl methyl sites for hydroxylation is 2. The van der Waals surface area contributed by atoms with Crippen molar-refractivity contribution in [2.45, 2.75) is 26.0 Å². The van der Waals surface area contributed by atoms with Gasteiger partial charge >= 0.3 is 0 Å². The van der Waals surface area contributed by atoms with E-state index in [0.29, 0.717) is 32.7 Å². The Bertz CT molecular complexity index is 884. The number of benzene rings is 1. The Balaban J connectivity index is 1.39. The number of amides is 1. The van der Waals surface area contributed by atoms with E-state index >= 15 is 0 Å². The summed E-state index contributed by atoms with van der Waals surface area (Å²) in [5.74, 6) is 0.907. The van der Waals surface area contributed by atoms with E-state index in [1.807, 2.05) is 47.0 Å². The fourth-order valence-electron chi connectivity index (χ4n) is 3.20. The number of ether oxygens (including phenoxy) is 1. The summed E-state index contributed by atoms with van der Waals surface area (Å²) in [7, 11) is 0. The van der Waals surface area contributed by atoms with E-state index in [4.69, 9.17) is 4.74 Å². The van der Waals surface area contributed by atoms with Crippen LogP contribution in [0.15, 0.2) is 36.7 Å². The van der Waals surface area contributed by atoms with Crippen LogP contribution < -0.4 is 0 Å². The van der Waals surface area contributed by atoms with E-state index in [2.05, 4.69) is 15.1 Å². The van der Waals surface area contributed by atoms with Crippen molar-refractivity contribution in [1.82, 2.24) is 24.6 Å². The first-order valence-corrected chi connectivity index (χ1v) is 8.52. The van der Waals surface area contributed by atoms with Crippen LogP contribution in [0.1, 0.15) is 24.0 Å². The summed E-state index contributed by atoms with van der Waals surface area (Å²) in [5, 5.41) is 5.48. The molecule has 1 aliphatic heterocycles. The minimum Gasteiger partial charge on any atom is -0.367 e. The minimum atomic E-state index is -0.183. The average Bonchev–Trinajstić information content (AvgIpc) is 3.26. The molecule has 0 radical (unpaired) electrons. The molecule has 1 aromatic carbocycles. The van der Waals surface area contributed by atoms with Crippen LogP contribution >= 0.6 is 0 Å². The van der Waals surface area contributed by atoms with Gasteiger partial charge in [-0.3, -0.25) is 9.48 Å². The lowest BCUT2D eigenvalue weighted by Crippen LogP contribution is -2.42. The fraction of sp³-hybridized carbons (Fsp3) is 0.389. The van der Waals surface area contributed by atoms with Crippen LogP contribution in [-0.4, -0.2) is 50.3 Å². The van der Waals surface area contributed by atoms with Gasteiger partial charge < -0.3 is 14.6 Å². The smallest absolute Gasteiger partial charge is 0.224 e. The van der Waals surface area contributed by atoms with Crippen LogP contribution in [0.5, 0.6) is 0 Å². The summed E-state index contributed by atoms with van der Waals surface area (Å²) in [6.07, 6.45) is 3.86. The number of H-pyrrole nitrogens is 1. The lowest BCUT2D eigenvalue weighted by molar-refractivity contribution is -0.139. The molecule has 0 spiro atoms. The van der Waals surface area contributed by atoms with Crippen molar-refractivity contribution in [3.05, 3.63) is 48.2 Å². The largest absolute Gasteiger partial charge is 0.367 e. The molecular formula is C18H21N5O2. The molecule has 1 atom stereocenters. The molecule has 3 aromatic rings. The Morgan fingerprint density at radius 1 is 1.36 bits per heavy atom. The second kappa shape index (κ2) is 6.68. The van der Waals surface area contributed by atoms with E-state index < -0.39 is 0 Å². The first-order valence-electron chi connectivity index (χ1n) is 8.52. The molecule has 0 bridgehead atoms. The molecule has 1 saturated heterocycles. The number of aromatic amines is 1. The van der Waals surface area contributed by atoms with E-state index in [9.17, 15) is 4.79 Å². The molecule has 130 valence electrons. The van der Waals surface area contributed by atoms with Crippen molar-refractivity contribution in [3.63, 3.8) is 0 Å². The molecule has 1 fully saturated rings. The number of nitrogens with zero attached hydrogens (tertiary/aromatic N) is 4. The van der Waals surface area contributed by atoms with Crippen molar-refractivity contribution in [2.24, 2.45) is 0 Å². The first-order chi connectivity index (χ1) is 12.2. The number of imidazole rings is 1. The van der Waals surface area contributed by atoms with Gasteiger partial charge in [0.1, 0.15) is 11.9 Å². The molecule has 7 heteroatoms. The van der Waals surface area contributed by atoms with Crippen molar-refractivity contribution >= 4 is 16.8 Å². The van der Waals surface area contributed by atoms with Crippen molar-refractivity contribution in [1.29, 1.82) is 0 Å². The fourth-order valence-corrected chi connectivity index (χ4v) is 3.20. The predicted molar refractivity (Wildman–Crippen MR) is 92.9 cm³/mol. The highest BCUT2D eigenvalue weighted by atomic mass is 16.5. The van der Waals surface area contributed by atoms with Crippen LogP contribution in [-0.2, 0) is 16.1 Å². The summed E-state index contributed by atoms with van der Waals surface area (Å²) < 4.78 is 7.65. The molecule has 1 aliphatic rings. The van der Waals surface area contributed by atoms with Crippen LogP contribution in [0, 0.1) is 6.92 Å². The van der Waals surface area contributed by atoms with Crippen molar-refractivity contribution < 1.29 is 9.53 Å². The number of para-hydroxylation sites is 1. The number of rotatable bonds is 4. The summed E-state index contributed by atoms with van der Waals surface area (Å²) >= 11 is 0. The monoisotopic (exact) mass is 339 g/mol. The molecule has 1 N–H and O–H groups in total. The van der Waals surface area contributed by atoms with Gasteiger partial charge in [-0.05, 0) is 13.0 Å². The van der Waals surface area contributed by atoms with Gasteiger partial charge in [-0.1, -0.05) is 18.2 Å². The third-order valence-electron chi connectivity index (χ3n) is 4.54. The molecule has 1 amide bonds. The van der Waals surface area contributed by atoms with Crippen LogP contribution in [0.25, 0.3) is 10.9 Å². The summed E-state index contributed by atoms with van der Waals surface area (Å²) in [6, 6.07) is 8.03. The Morgan fingerprint density at radius 2 is 2.24 bits per heavy atom. The maximum absolute atomic E-state index is 12.6. The number of fused-ring (bicyclic) bond motifs is 1. The van der Waals surface area contributed by atoms with Crippen LogP contribution in [0.3, 0.4) is 0 Å². The quantitative estimate of drug-likeness (QED) is 0.789. The highest BCUT2D eigenvalue weighted by molar-refractivity contribution is 5.79. The first kappa shape index (κ1) is 15.8. The van der Waals surface area contributed by atoms with E-state index in [1.54, 1.807) is 6.20 Å². The molecule has 0 unspecified atom stereocenters. The maximum Gasteiger partial charge on any atom is 0.224 e. The van der Waals surface area contributed by atoms with E-state index in [0.717, 1.165) is 22.4 Å². The number of nitrogens with one attached hydrogen (secondary N) is 1. The van der Waals surface area contributed by atoms with Crippen LogP contribution in [0.4, 0.5) is 0 Å². The Morgan fingerprint density at radius 3 is 3.08 bits per heavy atom. The molecule has 3 heterocycles. The Kier molecular flexibility index (Phi) is 4.23. The van der Waals surface area contributed by atoms with E-state index in [-0.39, 0.29) is 12.0 Å². The Labute approximate surface area is 145 Å². The normalized spacial score (nSPS) is 18.0. The molecule has 0 saturated carbocycles. The molecule has 25 heavy (non-hydrogen) atoms. The highest BCUT2D eigenvalue weighted by Crippen LogP contribution is 2.20. The number of morpholine rings is 1. The second-order valence-electron chi connectivity index (χ2n) is 6.33. The average molecular weight is 339 g/mol. The molecule has 7 nitrogen and oxygen atoms in total. The van der Waals surface area contributed by atoms with Gasteiger partial charge in [0.25, 0.3) is 0 Å². The van der Waals surface area contributed by atoms with Gasteiger partial charge in [0.05, 0.1) is 31.4 Å². The zero-order valence-electron chi connectivity index (χ0n) is 14.2. The SMILES string of the molecule is Cc1cnc([C@@H]2CN(C(=O)CCn3ncc4ccccc43)CCO2)[nH]1. The highest BCUT2D eigenvalue weighted by Gasteiger charge is 2.27. The molecule has 0 aliphatic carbocycles. The Hall–Kier alpha value is -2.67. The van der Waals surface area contributed by atoms with Gasteiger partial charge in [-0.2, -0.15) is 5.10 Å². The van der Waals surface area contributed by atoms with Gasteiger partial charge in [0, 0.05) is 30.2 Å². The molecule has 2 aromatic heterocycles. The molecular weight excluding hydrogens is 318 g/mol. The van der Waals surface area contributed by atoms with Crippen LogP contribution in [0.2, 0.25) is 0 Å². The van der Waals surface area contributed by atoms with E-state index in [1.165, 1.54) is 0 Å². The molecule has 4 rings (SSSR count). The minimum absolute atomic E-state index is 0.121. The maximum atomic E-state index is 12.6. The van der Waals surface area contributed by atoms with Gasteiger partial charge in [0.15, 0.2) is 0 Å². The van der Waals surface area contributed by atoms with Gasteiger partial charge in [0.2, 0.25) is 5.91 Å². The zero-order chi connectivity index (χ0) is 17.2. The number of aromatic nitrogens is 4. The van der Waals surface area contributed by atoms with Crippen molar-refractivity contribution in [3.8, 4) is 0 Å². The summed E-state index contributed by atoms with van der Waals surface area (Å²) in [4.78, 5) is 22.0. The van der Waals surface area contributed by atoms with Gasteiger partial charge in [-0.25, -0.2) is 4.98 Å². The van der Waals surface area contributed by atoms with Crippen molar-refractivity contribution in [2.75, 3.05) is 19.7 Å². The number of hydrogen-bond acceptors (Lipinski definition) is 4. The topological polar surface area (TPSA) is 76.0 Å². The van der Waals surface area contributed by atoms with Gasteiger partial charge in [-0.15, -0.1) is 0 Å². The lowest BCUT2D eigenvalue weighted by Gasteiger charge is -2.32.